The number of sulfonamides is 1. The second-order valence-electron chi connectivity index (χ2n) is 4.65. The Morgan fingerprint density at radius 3 is 2.32 bits per heavy atom. The average Bonchev–Trinajstić information content (AvgIpc) is 2.37. The van der Waals surface area contributed by atoms with Gasteiger partial charge in [0.05, 0.1) is 4.90 Å². The maximum atomic E-state index is 12.1. The SMILES string of the molecule is O=S(=O)(NCC1CCNCC1)c1cc(Cl)cc(Cl)c1. The minimum absolute atomic E-state index is 0.110. The molecule has 0 spiro atoms. The quantitative estimate of drug-likeness (QED) is 0.894. The molecule has 1 aromatic rings. The second-order valence-corrected chi connectivity index (χ2v) is 7.29. The van der Waals surface area contributed by atoms with Crippen LogP contribution < -0.4 is 10.0 Å². The molecule has 7 heteroatoms. The molecular formula is C12H16Cl2N2O2S. The molecule has 0 atom stereocenters. The third kappa shape index (κ3) is 4.33. The van der Waals surface area contributed by atoms with Crippen LogP contribution in [0.15, 0.2) is 23.1 Å². The number of benzene rings is 1. The monoisotopic (exact) mass is 322 g/mol. The maximum absolute atomic E-state index is 12.1. The van der Waals surface area contributed by atoms with Crippen LogP contribution >= 0.6 is 23.2 Å². The first-order valence-corrected chi connectivity index (χ1v) is 8.38. The van der Waals surface area contributed by atoms with Crippen molar-refractivity contribution in [2.45, 2.75) is 17.7 Å². The second kappa shape index (κ2) is 6.41. The zero-order valence-corrected chi connectivity index (χ0v) is 12.7. The molecule has 1 fully saturated rings. The lowest BCUT2D eigenvalue weighted by Crippen LogP contribution is -2.35. The predicted octanol–water partition coefficient (Wildman–Crippen LogP) is 2.27. The highest BCUT2D eigenvalue weighted by atomic mass is 35.5. The van der Waals surface area contributed by atoms with Crippen LogP contribution in [0.25, 0.3) is 0 Å². The number of hydrogen-bond acceptors (Lipinski definition) is 3. The fraction of sp³-hybridized carbons (Fsp3) is 0.500. The van der Waals surface area contributed by atoms with Crippen LogP contribution in [0.1, 0.15) is 12.8 Å². The van der Waals surface area contributed by atoms with Gasteiger partial charge in [-0.15, -0.1) is 0 Å². The van der Waals surface area contributed by atoms with E-state index in [4.69, 9.17) is 23.2 Å². The van der Waals surface area contributed by atoms with Crippen LogP contribution in [-0.4, -0.2) is 28.1 Å². The molecule has 0 radical (unpaired) electrons. The van der Waals surface area contributed by atoms with Crippen molar-refractivity contribution in [1.82, 2.24) is 10.0 Å². The van der Waals surface area contributed by atoms with Gasteiger partial charge in [-0.25, -0.2) is 13.1 Å². The lowest BCUT2D eigenvalue weighted by atomic mass is 9.99. The third-order valence-electron chi connectivity index (χ3n) is 3.17. The van der Waals surface area contributed by atoms with Crippen LogP contribution in [0.4, 0.5) is 0 Å². The highest BCUT2D eigenvalue weighted by molar-refractivity contribution is 7.89. The minimum atomic E-state index is -3.54. The van der Waals surface area contributed by atoms with E-state index in [1.54, 1.807) is 0 Å². The van der Waals surface area contributed by atoms with Gasteiger partial charge < -0.3 is 5.32 Å². The summed E-state index contributed by atoms with van der Waals surface area (Å²) in [5.41, 5.74) is 0. The lowest BCUT2D eigenvalue weighted by molar-refractivity contribution is 0.372. The number of nitrogens with one attached hydrogen (secondary N) is 2. The molecule has 19 heavy (non-hydrogen) atoms. The van der Waals surface area contributed by atoms with Gasteiger partial charge in [0.2, 0.25) is 10.0 Å². The van der Waals surface area contributed by atoms with E-state index in [0.29, 0.717) is 22.5 Å². The predicted molar refractivity (Wildman–Crippen MR) is 77.2 cm³/mol. The van der Waals surface area contributed by atoms with Gasteiger partial charge in [-0.05, 0) is 50.0 Å². The van der Waals surface area contributed by atoms with Gasteiger partial charge in [-0.1, -0.05) is 23.2 Å². The van der Waals surface area contributed by atoms with Crippen molar-refractivity contribution in [2.75, 3.05) is 19.6 Å². The fourth-order valence-electron chi connectivity index (χ4n) is 2.08. The number of halogens is 2. The molecular weight excluding hydrogens is 307 g/mol. The summed E-state index contributed by atoms with van der Waals surface area (Å²) in [4.78, 5) is 0.110. The first-order chi connectivity index (χ1) is 8.97. The summed E-state index contributed by atoms with van der Waals surface area (Å²) < 4.78 is 26.9. The molecule has 0 bridgehead atoms. The van der Waals surface area contributed by atoms with Crippen molar-refractivity contribution >= 4 is 33.2 Å². The molecule has 2 rings (SSSR count). The van der Waals surface area contributed by atoms with Crippen molar-refractivity contribution in [3.63, 3.8) is 0 Å². The van der Waals surface area contributed by atoms with Gasteiger partial charge in [-0.2, -0.15) is 0 Å². The number of piperidine rings is 1. The Morgan fingerprint density at radius 1 is 1.16 bits per heavy atom. The molecule has 4 nitrogen and oxygen atoms in total. The molecule has 106 valence electrons. The zero-order chi connectivity index (χ0) is 13.9. The van der Waals surface area contributed by atoms with E-state index in [1.165, 1.54) is 18.2 Å². The lowest BCUT2D eigenvalue weighted by Gasteiger charge is -2.22. The van der Waals surface area contributed by atoms with Gasteiger partial charge in [-0.3, -0.25) is 0 Å². The van der Waals surface area contributed by atoms with Crippen molar-refractivity contribution < 1.29 is 8.42 Å². The first-order valence-electron chi connectivity index (χ1n) is 6.14. The van der Waals surface area contributed by atoms with Gasteiger partial charge in [0.25, 0.3) is 0 Å². The summed E-state index contributed by atoms with van der Waals surface area (Å²) in [5, 5.41) is 3.88. The summed E-state index contributed by atoms with van der Waals surface area (Å²) in [5.74, 6) is 0.380. The van der Waals surface area contributed by atoms with E-state index < -0.39 is 10.0 Å². The Bertz CT molecular complexity index is 522. The summed E-state index contributed by atoms with van der Waals surface area (Å²) in [6.45, 7) is 2.33. The Kier molecular flexibility index (Phi) is 5.09. The van der Waals surface area contributed by atoms with Crippen LogP contribution in [0.2, 0.25) is 10.0 Å². The molecule has 2 N–H and O–H groups in total. The van der Waals surface area contributed by atoms with E-state index >= 15 is 0 Å². The van der Waals surface area contributed by atoms with E-state index in [2.05, 4.69) is 10.0 Å². The van der Waals surface area contributed by atoms with E-state index in [0.717, 1.165) is 25.9 Å². The molecule has 1 aliphatic heterocycles. The molecule has 0 aromatic heterocycles. The van der Waals surface area contributed by atoms with Gasteiger partial charge in [0.1, 0.15) is 0 Å². The molecule has 0 unspecified atom stereocenters. The molecule has 0 saturated carbocycles. The minimum Gasteiger partial charge on any atom is -0.317 e. The van der Waals surface area contributed by atoms with Crippen LogP contribution in [-0.2, 0) is 10.0 Å². The largest absolute Gasteiger partial charge is 0.317 e. The standard InChI is InChI=1S/C12H16Cl2N2O2S/c13-10-5-11(14)7-12(6-10)19(17,18)16-8-9-1-3-15-4-2-9/h5-7,9,15-16H,1-4,8H2. The van der Waals surface area contributed by atoms with E-state index in [9.17, 15) is 8.42 Å². The molecule has 0 amide bonds. The molecule has 1 aromatic carbocycles. The third-order valence-corrected chi connectivity index (χ3v) is 5.01. The Morgan fingerprint density at radius 2 is 1.74 bits per heavy atom. The molecule has 1 saturated heterocycles. The smallest absolute Gasteiger partial charge is 0.240 e. The molecule has 1 aliphatic rings. The Hall–Kier alpha value is -0.330. The highest BCUT2D eigenvalue weighted by Gasteiger charge is 2.19. The highest BCUT2D eigenvalue weighted by Crippen LogP contribution is 2.22. The van der Waals surface area contributed by atoms with E-state index in [1.807, 2.05) is 0 Å². The summed E-state index contributed by atoms with van der Waals surface area (Å²) in [6, 6.07) is 4.31. The Balaban J connectivity index is 2.04. The molecule has 0 aliphatic carbocycles. The fourth-order valence-corrected chi connectivity index (χ4v) is 3.92. The summed E-state index contributed by atoms with van der Waals surface area (Å²) >= 11 is 11.6. The number of hydrogen-bond donors (Lipinski definition) is 2. The van der Waals surface area contributed by atoms with Crippen molar-refractivity contribution in [1.29, 1.82) is 0 Å². The average molecular weight is 323 g/mol. The maximum Gasteiger partial charge on any atom is 0.240 e. The summed E-state index contributed by atoms with van der Waals surface area (Å²) in [7, 11) is -3.54. The Labute approximate surface area is 123 Å². The van der Waals surface area contributed by atoms with E-state index in [-0.39, 0.29) is 4.90 Å². The van der Waals surface area contributed by atoms with Crippen molar-refractivity contribution in [2.24, 2.45) is 5.92 Å². The van der Waals surface area contributed by atoms with Crippen LogP contribution in [0.3, 0.4) is 0 Å². The van der Waals surface area contributed by atoms with Gasteiger partial charge >= 0.3 is 0 Å². The summed E-state index contributed by atoms with van der Waals surface area (Å²) in [6.07, 6.45) is 1.97. The van der Waals surface area contributed by atoms with Crippen LogP contribution in [0, 0.1) is 5.92 Å². The normalized spacial score (nSPS) is 17.6. The first kappa shape index (κ1) is 15.1. The molecule has 1 heterocycles. The van der Waals surface area contributed by atoms with Crippen molar-refractivity contribution in [3.8, 4) is 0 Å². The van der Waals surface area contributed by atoms with Gasteiger partial charge in [0.15, 0.2) is 0 Å². The van der Waals surface area contributed by atoms with Crippen molar-refractivity contribution in [3.05, 3.63) is 28.2 Å². The zero-order valence-electron chi connectivity index (χ0n) is 10.3. The van der Waals surface area contributed by atoms with Crippen LogP contribution in [0.5, 0.6) is 0 Å². The number of rotatable bonds is 4. The topological polar surface area (TPSA) is 58.2 Å². The van der Waals surface area contributed by atoms with Gasteiger partial charge in [0, 0.05) is 16.6 Å².